The zero-order chi connectivity index (χ0) is 15.8. The summed E-state index contributed by atoms with van der Waals surface area (Å²) >= 11 is 3.47. The van der Waals surface area contributed by atoms with Crippen LogP contribution < -0.4 is 5.32 Å². The molecule has 0 fully saturated rings. The molecule has 0 aliphatic heterocycles. The van der Waals surface area contributed by atoms with Crippen molar-refractivity contribution in [1.29, 1.82) is 0 Å². The second-order valence-electron chi connectivity index (χ2n) is 4.71. The minimum atomic E-state index is -1.09. The highest BCUT2D eigenvalue weighted by atomic mass is 79.9. The summed E-state index contributed by atoms with van der Waals surface area (Å²) in [4.78, 5) is 23.0. The fraction of sp³-hybridized carbons (Fsp3) is 0.467. The first-order chi connectivity index (χ1) is 9.99. The minimum Gasteiger partial charge on any atom is -0.479 e. The number of ether oxygens (including phenoxy) is 1. The number of hydrogen-bond donors (Lipinski definition) is 2. The quantitative estimate of drug-likeness (QED) is 0.747. The number of carbonyl (C=O) groups is 2. The van der Waals surface area contributed by atoms with Gasteiger partial charge in [-0.1, -0.05) is 41.1 Å². The predicted molar refractivity (Wildman–Crippen MR) is 83.1 cm³/mol. The number of amides is 1. The Bertz CT molecular complexity index is 492. The summed E-state index contributed by atoms with van der Waals surface area (Å²) in [5, 5.41) is 11.5. The van der Waals surface area contributed by atoms with Crippen LogP contribution in [-0.2, 0) is 20.7 Å². The molecule has 1 aromatic carbocycles. The summed E-state index contributed by atoms with van der Waals surface area (Å²) < 4.78 is 5.76. The SMILES string of the molecule is CCC(Cc1ccccc1Br)C(=O)NCC(OC)C(=O)O. The minimum absolute atomic E-state index is 0.0306. The van der Waals surface area contributed by atoms with Crippen LogP contribution in [0, 0.1) is 5.92 Å². The third-order valence-corrected chi connectivity index (χ3v) is 4.08. The number of carbonyl (C=O) groups excluding carboxylic acids is 1. The van der Waals surface area contributed by atoms with Gasteiger partial charge in [0, 0.05) is 17.5 Å². The first kappa shape index (κ1) is 17.7. The molecule has 21 heavy (non-hydrogen) atoms. The summed E-state index contributed by atoms with van der Waals surface area (Å²) in [5.41, 5.74) is 1.06. The highest BCUT2D eigenvalue weighted by Crippen LogP contribution is 2.21. The van der Waals surface area contributed by atoms with E-state index in [0.29, 0.717) is 12.8 Å². The van der Waals surface area contributed by atoms with Gasteiger partial charge in [0.15, 0.2) is 6.10 Å². The van der Waals surface area contributed by atoms with E-state index < -0.39 is 12.1 Å². The second-order valence-corrected chi connectivity index (χ2v) is 5.56. The van der Waals surface area contributed by atoms with Gasteiger partial charge < -0.3 is 15.2 Å². The van der Waals surface area contributed by atoms with Gasteiger partial charge >= 0.3 is 5.97 Å². The van der Waals surface area contributed by atoms with Gasteiger partial charge in [-0.15, -0.1) is 0 Å². The van der Waals surface area contributed by atoms with Crippen molar-refractivity contribution in [3.05, 3.63) is 34.3 Å². The Morgan fingerprint density at radius 3 is 2.57 bits per heavy atom. The standard InChI is InChI=1S/C15H20BrNO4/c1-3-10(8-11-6-4-5-7-12(11)16)14(18)17-9-13(21-2)15(19)20/h4-7,10,13H,3,8-9H2,1-2H3,(H,17,18)(H,19,20). The van der Waals surface area contributed by atoms with Crippen molar-refractivity contribution >= 4 is 27.8 Å². The molecule has 5 nitrogen and oxygen atoms in total. The lowest BCUT2D eigenvalue weighted by Crippen LogP contribution is -2.40. The summed E-state index contributed by atoms with van der Waals surface area (Å²) in [7, 11) is 1.31. The van der Waals surface area contributed by atoms with Crippen LogP contribution in [0.3, 0.4) is 0 Å². The average Bonchev–Trinajstić information content (AvgIpc) is 2.46. The Balaban J connectivity index is 2.61. The largest absolute Gasteiger partial charge is 0.479 e. The van der Waals surface area contributed by atoms with E-state index in [1.807, 2.05) is 31.2 Å². The maximum Gasteiger partial charge on any atom is 0.334 e. The van der Waals surface area contributed by atoms with E-state index in [-0.39, 0.29) is 18.4 Å². The lowest BCUT2D eigenvalue weighted by atomic mass is 9.96. The molecule has 0 saturated carbocycles. The second kappa shape index (κ2) is 8.79. The monoisotopic (exact) mass is 357 g/mol. The van der Waals surface area contributed by atoms with Crippen LogP contribution in [0.1, 0.15) is 18.9 Å². The van der Waals surface area contributed by atoms with Gasteiger partial charge in [0.05, 0.1) is 6.54 Å². The van der Waals surface area contributed by atoms with Gasteiger partial charge in [-0.3, -0.25) is 4.79 Å². The molecule has 0 heterocycles. The lowest BCUT2D eigenvalue weighted by molar-refractivity contribution is -0.148. The number of benzene rings is 1. The van der Waals surface area contributed by atoms with Crippen LogP contribution in [-0.4, -0.2) is 36.7 Å². The maximum absolute atomic E-state index is 12.2. The Hall–Kier alpha value is -1.40. The molecule has 0 saturated heterocycles. The molecule has 0 spiro atoms. The zero-order valence-corrected chi connectivity index (χ0v) is 13.7. The van der Waals surface area contributed by atoms with Crippen LogP contribution in [0.25, 0.3) is 0 Å². The molecule has 0 aliphatic rings. The van der Waals surface area contributed by atoms with Gasteiger partial charge in [0.25, 0.3) is 0 Å². The smallest absolute Gasteiger partial charge is 0.334 e. The summed E-state index contributed by atoms with van der Waals surface area (Å²) in [6, 6.07) is 7.75. The number of methoxy groups -OCH3 is 1. The van der Waals surface area contributed by atoms with Crippen molar-refractivity contribution in [1.82, 2.24) is 5.32 Å². The third-order valence-electron chi connectivity index (χ3n) is 3.31. The molecule has 0 radical (unpaired) electrons. The fourth-order valence-electron chi connectivity index (χ4n) is 1.96. The van der Waals surface area contributed by atoms with Crippen molar-refractivity contribution in [2.75, 3.05) is 13.7 Å². The Morgan fingerprint density at radius 1 is 1.38 bits per heavy atom. The lowest BCUT2D eigenvalue weighted by Gasteiger charge is -2.17. The number of rotatable bonds is 8. The molecule has 1 rings (SSSR count). The first-order valence-electron chi connectivity index (χ1n) is 6.76. The predicted octanol–water partition coefficient (Wildman–Crippen LogP) is 2.23. The molecule has 2 atom stereocenters. The molecular formula is C15H20BrNO4. The maximum atomic E-state index is 12.2. The summed E-state index contributed by atoms with van der Waals surface area (Å²) in [5.74, 6) is -1.44. The van der Waals surface area contributed by atoms with Crippen LogP contribution in [0.2, 0.25) is 0 Å². The van der Waals surface area contributed by atoms with Crippen LogP contribution in [0.15, 0.2) is 28.7 Å². The van der Waals surface area contributed by atoms with Crippen molar-refractivity contribution < 1.29 is 19.4 Å². The molecule has 0 aromatic heterocycles. The fourth-order valence-corrected chi connectivity index (χ4v) is 2.41. The molecule has 6 heteroatoms. The molecular weight excluding hydrogens is 338 g/mol. The van der Waals surface area contributed by atoms with E-state index in [4.69, 9.17) is 9.84 Å². The van der Waals surface area contributed by atoms with E-state index in [0.717, 1.165) is 10.0 Å². The van der Waals surface area contributed by atoms with Crippen molar-refractivity contribution in [2.45, 2.75) is 25.9 Å². The van der Waals surface area contributed by atoms with E-state index in [1.54, 1.807) is 0 Å². The van der Waals surface area contributed by atoms with E-state index in [2.05, 4.69) is 21.2 Å². The number of nitrogens with one attached hydrogen (secondary N) is 1. The molecule has 1 amide bonds. The summed E-state index contributed by atoms with van der Waals surface area (Å²) in [6.45, 7) is 1.91. The Labute approximate surface area is 132 Å². The molecule has 0 aliphatic carbocycles. The number of hydrogen-bond acceptors (Lipinski definition) is 3. The van der Waals surface area contributed by atoms with E-state index in [9.17, 15) is 9.59 Å². The normalized spacial score (nSPS) is 13.5. The molecule has 116 valence electrons. The summed E-state index contributed by atoms with van der Waals surface area (Å²) in [6.07, 6.45) is 0.265. The van der Waals surface area contributed by atoms with Crippen LogP contribution >= 0.6 is 15.9 Å². The Morgan fingerprint density at radius 2 is 2.05 bits per heavy atom. The highest BCUT2D eigenvalue weighted by molar-refractivity contribution is 9.10. The zero-order valence-electron chi connectivity index (χ0n) is 12.1. The first-order valence-corrected chi connectivity index (χ1v) is 7.55. The molecule has 2 N–H and O–H groups in total. The van der Waals surface area contributed by atoms with Crippen molar-refractivity contribution in [3.8, 4) is 0 Å². The van der Waals surface area contributed by atoms with Gasteiger partial charge in [-0.05, 0) is 24.5 Å². The molecule has 0 bridgehead atoms. The number of carboxylic acid groups (broad SMARTS) is 1. The Kier molecular flexibility index (Phi) is 7.39. The average molecular weight is 358 g/mol. The van der Waals surface area contributed by atoms with Gasteiger partial charge in [-0.25, -0.2) is 4.79 Å². The van der Waals surface area contributed by atoms with Crippen LogP contribution in [0.4, 0.5) is 0 Å². The number of carboxylic acids is 1. The van der Waals surface area contributed by atoms with E-state index >= 15 is 0 Å². The van der Waals surface area contributed by atoms with Crippen molar-refractivity contribution in [2.24, 2.45) is 5.92 Å². The highest BCUT2D eigenvalue weighted by Gasteiger charge is 2.21. The molecule has 2 unspecified atom stereocenters. The molecule has 1 aromatic rings. The van der Waals surface area contributed by atoms with Crippen molar-refractivity contribution in [3.63, 3.8) is 0 Å². The topological polar surface area (TPSA) is 75.6 Å². The number of aliphatic carboxylic acids is 1. The van der Waals surface area contributed by atoms with E-state index in [1.165, 1.54) is 7.11 Å². The third kappa shape index (κ3) is 5.47. The van der Waals surface area contributed by atoms with Crippen LogP contribution in [0.5, 0.6) is 0 Å². The van der Waals surface area contributed by atoms with Gasteiger partial charge in [-0.2, -0.15) is 0 Å². The van der Waals surface area contributed by atoms with Gasteiger partial charge in [0.2, 0.25) is 5.91 Å². The van der Waals surface area contributed by atoms with Gasteiger partial charge in [0.1, 0.15) is 0 Å². The number of halogens is 1.